The van der Waals surface area contributed by atoms with Gasteiger partial charge in [-0.25, -0.2) is 4.90 Å². The third-order valence-corrected chi connectivity index (χ3v) is 4.25. The van der Waals surface area contributed by atoms with Crippen LogP contribution < -0.4 is 0 Å². The lowest BCUT2D eigenvalue weighted by Crippen LogP contribution is -2.45. The van der Waals surface area contributed by atoms with E-state index in [2.05, 4.69) is 13.8 Å². The molecule has 0 bridgehead atoms. The van der Waals surface area contributed by atoms with Crippen molar-refractivity contribution in [3.8, 4) is 0 Å². The number of rotatable bonds is 14. The van der Waals surface area contributed by atoms with Gasteiger partial charge in [0.25, 0.3) is 0 Å². The van der Waals surface area contributed by atoms with Crippen LogP contribution in [0.3, 0.4) is 0 Å². The third-order valence-electron chi connectivity index (χ3n) is 4.25. The monoisotopic (exact) mass is 445 g/mol. The van der Waals surface area contributed by atoms with Gasteiger partial charge in [-0.05, 0) is 20.8 Å². The first-order valence-corrected chi connectivity index (χ1v) is 12.3. The Balaban J connectivity index is -0.000000392. The molecule has 3 unspecified atom stereocenters. The summed E-state index contributed by atoms with van der Waals surface area (Å²) in [5.74, 6) is 0. The molecule has 3 atom stereocenters. The lowest BCUT2D eigenvalue weighted by atomic mass is 10.1. The molecular formula is C20H47NO7S. The van der Waals surface area contributed by atoms with E-state index in [9.17, 15) is 0 Å². The van der Waals surface area contributed by atoms with E-state index >= 15 is 0 Å². The summed E-state index contributed by atoms with van der Waals surface area (Å²) in [5, 5.41) is 26.9. The second-order valence-corrected chi connectivity index (χ2v) is 8.22. The minimum atomic E-state index is -4.67. The molecule has 5 N–H and O–H groups in total. The summed E-state index contributed by atoms with van der Waals surface area (Å²) >= 11 is 0. The minimum absolute atomic E-state index is 0.833. The van der Waals surface area contributed by atoms with E-state index in [1.54, 1.807) is 0 Å². The molecule has 0 aromatic rings. The molecule has 9 heteroatoms. The van der Waals surface area contributed by atoms with Crippen LogP contribution in [0.2, 0.25) is 0 Å². The predicted molar refractivity (Wildman–Crippen MR) is 118 cm³/mol. The first-order chi connectivity index (χ1) is 13.4. The van der Waals surface area contributed by atoms with E-state index in [-0.39, 0.29) is 0 Å². The standard InChI is InChI=1S/C14H30.C6H15NO3.H2O4S/c1-3-5-7-9-11-13-14-12-10-8-6-4-2;1-4(8)7(5(2)9)6(3)10;1-5(2,3)4/h3-14H2,1-2H3;4-6,8-10H,1-3H3;(H2,1,2,3,4). The fourth-order valence-corrected chi connectivity index (χ4v) is 2.85. The molecule has 0 spiro atoms. The smallest absolute Gasteiger partial charge is 0.379 e. The average molecular weight is 446 g/mol. The van der Waals surface area contributed by atoms with Crippen LogP contribution in [0, 0.1) is 0 Å². The van der Waals surface area contributed by atoms with Gasteiger partial charge >= 0.3 is 10.4 Å². The molecule has 0 aromatic carbocycles. The van der Waals surface area contributed by atoms with Gasteiger partial charge in [0.15, 0.2) is 0 Å². The summed E-state index contributed by atoms with van der Waals surface area (Å²) in [7, 11) is -4.67. The number of aliphatic hydroxyl groups excluding tert-OH is 3. The van der Waals surface area contributed by atoms with Crippen LogP contribution in [0.25, 0.3) is 0 Å². The molecule has 0 radical (unpaired) electrons. The first-order valence-electron chi connectivity index (χ1n) is 10.9. The number of hydrogen-bond acceptors (Lipinski definition) is 6. The molecule has 0 fully saturated rings. The first kappa shape index (κ1) is 33.4. The van der Waals surface area contributed by atoms with Crippen molar-refractivity contribution < 1.29 is 32.8 Å². The highest BCUT2D eigenvalue weighted by Gasteiger charge is 2.20. The molecule has 0 saturated heterocycles. The van der Waals surface area contributed by atoms with Gasteiger partial charge in [0.05, 0.1) is 0 Å². The topological polar surface area (TPSA) is 139 Å². The molecule has 0 aromatic heterocycles. The Morgan fingerprint density at radius 2 is 0.759 bits per heavy atom. The van der Waals surface area contributed by atoms with Crippen molar-refractivity contribution in [2.24, 2.45) is 0 Å². The normalized spacial score (nSPS) is 14.3. The molecule has 0 aliphatic carbocycles. The maximum atomic E-state index is 8.96. The lowest BCUT2D eigenvalue weighted by molar-refractivity contribution is -0.159. The van der Waals surface area contributed by atoms with Crippen LogP contribution in [0.1, 0.15) is 112 Å². The second kappa shape index (κ2) is 22.4. The maximum Gasteiger partial charge on any atom is 0.394 e. The second-order valence-electron chi connectivity index (χ2n) is 7.33. The van der Waals surface area contributed by atoms with Crippen LogP contribution in [0.5, 0.6) is 0 Å². The number of nitrogens with zero attached hydrogens (tertiary/aromatic N) is 1. The highest BCUT2D eigenvalue weighted by molar-refractivity contribution is 7.79. The maximum absolute atomic E-state index is 8.96. The molecule has 180 valence electrons. The van der Waals surface area contributed by atoms with Crippen molar-refractivity contribution >= 4 is 10.4 Å². The van der Waals surface area contributed by atoms with E-state index in [0.717, 1.165) is 0 Å². The SMILES string of the molecule is CC(O)N(C(C)O)C(C)O.CCCCCCCCCCCCCC.O=S(=O)(O)O. The number of unbranched alkanes of at least 4 members (excludes halogenated alkanes) is 11. The quantitative estimate of drug-likeness (QED) is 0.151. The number of hydrogen-bond donors (Lipinski definition) is 5. The Morgan fingerprint density at radius 3 is 0.862 bits per heavy atom. The Labute approximate surface area is 178 Å². The van der Waals surface area contributed by atoms with Crippen LogP contribution in [-0.4, -0.2) is 56.4 Å². The van der Waals surface area contributed by atoms with Crippen LogP contribution in [0.15, 0.2) is 0 Å². The summed E-state index contributed by atoms with van der Waals surface area (Å²) in [6.07, 6.45) is 14.9. The van der Waals surface area contributed by atoms with Crippen molar-refractivity contribution in [2.45, 2.75) is 130 Å². The molecule has 0 heterocycles. The van der Waals surface area contributed by atoms with Crippen molar-refractivity contribution in [3.05, 3.63) is 0 Å². The van der Waals surface area contributed by atoms with E-state index in [1.807, 2.05) is 0 Å². The van der Waals surface area contributed by atoms with Gasteiger partial charge in [0.1, 0.15) is 18.7 Å². The Hall–Kier alpha value is -0.290. The van der Waals surface area contributed by atoms with Gasteiger partial charge in [-0.15, -0.1) is 0 Å². The molecule has 0 aliphatic heterocycles. The Kier molecular flexibility index (Phi) is 25.8. The van der Waals surface area contributed by atoms with Gasteiger partial charge in [-0.2, -0.15) is 8.42 Å². The third kappa shape index (κ3) is 35.5. The van der Waals surface area contributed by atoms with Gasteiger partial charge in [-0.1, -0.05) is 90.9 Å². The Bertz CT molecular complexity index is 376. The molecule has 0 rings (SSSR count). The number of aliphatic hydroxyl groups is 3. The summed E-state index contributed by atoms with van der Waals surface area (Å²) in [5.41, 5.74) is 0. The zero-order valence-corrected chi connectivity index (χ0v) is 19.9. The van der Waals surface area contributed by atoms with Crippen LogP contribution in [0.4, 0.5) is 0 Å². The van der Waals surface area contributed by atoms with Crippen LogP contribution >= 0.6 is 0 Å². The fourth-order valence-electron chi connectivity index (χ4n) is 2.85. The zero-order valence-electron chi connectivity index (χ0n) is 19.1. The predicted octanol–water partition coefficient (Wildman–Crippen LogP) is 4.36. The molecule has 8 nitrogen and oxygen atoms in total. The summed E-state index contributed by atoms with van der Waals surface area (Å²) in [6, 6.07) is 0. The van der Waals surface area contributed by atoms with Crippen LogP contribution in [-0.2, 0) is 10.4 Å². The fraction of sp³-hybridized carbons (Fsp3) is 1.00. The molecule has 0 saturated carbocycles. The van der Waals surface area contributed by atoms with E-state index < -0.39 is 29.1 Å². The lowest BCUT2D eigenvalue weighted by Gasteiger charge is -2.30. The average Bonchev–Trinajstić information content (AvgIpc) is 2.54. The van der Waals surface area contributed by atoms with Crippen molar-refractivity contribution in [1.29, 1.82) is 0 Å². The van der Waals surface area contributed by atoms with Crippen molar-refractivity contribution in [3.63, 3.8) is 0 Å². The summed E-state index contributed by atoms with van der Waals surface area (Å²) < 4.78 is 31.6. The van der Waals surface area contributed by atoms with Crippen molar-refractivity contribution in [2.75, 3.05) is 0 Å². The molecule has 0 aliphatic rings. The van der Waals surface area contributed by atoms with Gasteiger partial charge < -0.3 is 15.3 Å². The van der Waals surface area contributed by atoms with E-state index in [4.69, 9.17) is 32.8 Å². The Morgan fingerprint density at radius 1 is 0.586 bits per heavy atom. The summed E-state index contributed by atoms with van der Waals surface area (Å²) in [4.78, 5) is 1.17. The van der Waals surface area contributed by atoms with E-state index in [1.165, 1.54) is 103 Å². The zero-order chi connectivity index (χ0) is 23.3. The highest BCUT2D eigenvalue weighted by Crippen LogP contribution is 2.11. The molecular weight excluding hydrogens is 398 g/mol. The van der Waals surface area contributed by atoms with E-state index in [0.29, 0.717) is 0 Å². The minimum Gasteiger partial charge on any atom is -0.379 e. The summed E-state index contributed by atoms with van der Waals surface area (Å²) in [6.45, 7) is 9.03. The molecule has 0 amide bonds. The van der Waals surface area contributed by atoms with Gasteiger partial charge in [0.2, 0.25) is 0 Å². The highest BCUT2D eigenvalue weighted by atomic mass is 32.3. The van der Waals surface area contributed by atoms with Gasteiger partial charge in [-0.3, -0.25) is 9.11 Å². The van der Waals surface area contributed by atoms with Gasteiger partial charge in [0, 0.05) is 0 Å². The molecule has 29 heavy (non-hydrogen) atoms. The van der Waals surface area contributed by atoms with Crippen molar-refractivity contribution in [1.82, 2.24) is 4.90 Å². The largest absolute Gasteiger partial charge is 0.394 e.